The van der Waals surface area contributed by atoms with Crippen LogP contribution in [0.4, 0.5) is 5.69 Å². The highest BCUT2D eigenvalue weighted by molar-refractivity contribution is 9.10. The molecule has 2 rings (SSSR count). The normalized spacial score (nSPS) is 15.7. The molecule has 5 nitrogen and oxygen atoms in total. The third-order valence-electron chi connectivity index (χ3n) is 3.19. The molecule has 1 aromatic rings. The summed E-state index contributed by atoms with van der Waals surface area (Å²) >= 11 is 3.41. The minimum absolute atomic E-state index is 0.00356. The summed E-state index contributed by atoms with van der Waals surface area (Å²) in [6.07, 6.45) is 1.78. The number of carbonyl (C=O) groups excluding carboxylic acids is 1. The molecule has 1 aliphatic heterocycles. The summed E-state index contributed by atoms with van der Waals surface area (Å²) in [6.45, 7) is 1.71. The number of amides is 1. The van der Waals surface area contributed by atoms with Crippen LogP contribution in [0.15, 0.2) is 22.7 Å². The Kier molecular flexibility index (Phi) is 5.67. The van der Waals surface area contributed by atoms with Crippen LogP contribution in [0.5, 0.6) is 5.75 Å². The standard InChI is InChI=1S/C14H19BrN2O3/c1-19-13-3-2-11(8-12(13)15)16-9-14(18)17-10-4-6-20-7-5-10/h2-3,8,10,16H,4-7,9H2,1H3,(H,17,18). The van der Waals surface area contributed by atoms with Crippen molar-refractivity contribution in [3.05, 3.63) is 22.7 Å². The summed E-state index contributed by atoms with van der Waals surface area (Å²) in [6, 6.07) is 5.86. The van der Waals surface area contributed by atoms with E-state index in [1.54, 1.807) is 7.11 Å². The van der Waals surface area contributed by atoms with Crippen LogP contribution in [0.3, 0.4) is 0 Å². The van der Waals surface area contributed by atoms with Gasteiger partial charge in [0.1, 0.15) is 5.75 Å². The van der Waals surface area contributed by atoms with Crippen molar-refractivity contribution in [2.45, 2.75) is 18.9 Å². The summed E-state index contributed by atoms with van der Waals surface area (Å²) in [7, 11) is 1.62. The quantitative estimate of drug-likeness (QED) is 0.860. The number of halogens is 1. The molecule has 0 saturated carbocycles. The van der Waals surface area contributed by atoms with Crippen LogP contribution in [-0.2, 0) is 9.53 Å². The van der Waals surface area contributed by atoms with Gasteiger partial charge in [0.05, 0.1) is 18.1 Å². The molecule has 0 spiro atoms. The lowest BCUT2D eigenvalue weighted by Crippen LogP contribution is -2.41. The van der Waals surface area contributed by atoms with Gasteiger partial charge in [-0.25, -0.2) is 0 Å². The van der Waals surface area contributed by atoms with Crippen molar-refractivity contribution in [3.8, 4) is 5.75 Å². The van der Waals surface area contributed by atoms with Crippen molar-refractivity contribution in [2.75, 3.05) is 32.2 Å². The largest absolute Gasteiger partial charge is 0.496 e. The number of methoxy groups -OCH3 is 1. The molecule has 0 radical (unpaired) electrons. The Morgan fingerprint density at radius 3 is 2.85 bits per heavy atom. The van der Waals surface area contributed by atoms with Gasteiger partial charge in [-0.2, -0.15) is 0 Å². The maximum atomic E-state index is 11.8. The first-order chi connectivity index (χ1) is 9.69. The van der Waals surface area contributed by atoms with Gasteiger partial charge in [-0.1, -0.05) is 0 Å². The maximum Gasteiger partial charge on any atom is 0.239 e. The summed E-state index contributed by atoms with van der Waals surface area (Å²) in [5, 5.41) is 6.11. The molecule has 1 aliphatic rings. The Bertz CT molecular complexity index is 462. The average molecular weight is 343 g/mol. The molecule has 20 heavy (non-hydrogen) atoms. The van der Waals surface area contributed by atoms with E-state index in [0.717, 1.165) is 42.0 Å². The molecule has 6 heteroatoms. The molecular weight excluding hydrogens is 324 g/mol. The van der Waals surface area contributed by atoms with Crippen molar-refractivity contribution >= 4 is 27.5 Å². The molecule has 2 N–H and O–H groups in total. The van der Waals surface area contributed by atoms with E-state index in [-0.39, 0.29) is 18.5 Å². The second kappa shape index (κ2) is 7.50. The van der Waals surface area contributed by atoms with Gasteiger partial charge >= 0.3 is 0 Å². The van der Waals surface area contributed by atoms with Crippen molar-refractivity contribution in [2.24, 2.45) is 0 Å². The summed E-state index contributed by atoms with van der Waals surface area (Å²) in [5.41, 5.74) is 0.875. The summed E-state index contributed by atoms with van der Waals surface area (Å²) < 4.78 is 11.3. The monoisotopic (exact) mass is 342 g/mol. The van der Waals surface area contributed by atoms with E-state index in [1.807, 2.05) is 18.2 Å². The number of anilines is 1. The second-order valence-corrected chi connectivity index (χ2v) is 5.51. The number of carbonyl (C=O) groups is 1. The molecule has 1 aromatic carbocycles. The fourth-order valence-corrected chi connectivity index (χ4v) is 2.62. The highest BCUT2D eigenvalue weighted by atomic mass is 79.9. The Hall–Kier alpha value is -1.27. The first-order valence-electron chi connectivity index (χ1n) is 6.63. The third-order valence-corrected chi connectivity index (χ3v) is 3.81. The van der Waals surface area contributed by atoms with Crippen LogP contribution in [-0.4, -0.2) is 38.8 Å². The zero-order chi connectivity index (χ0) is 14.4. The smallest absolute Gasteiger partial charge is 0.239 e. The lowest BCUT2D eigenvalue weighted by Gasteiger charge is -2.23. The highest BCUT2D eigenvalue weighted by Gasteiger charge is 2.15. The molecule has 0 aromatic heterocycles. The van der Waals surface area contributed by atoms with Crippen molar-refractivity contribution in [1.29, 1.82) is 0 Å². The fraction of sp³-hybridized carbons (Fsp3) is 0.500. The molecule has 0 bridgehead atoms. The Labute approximate surface area is 127 Å². The van der Waals surface area contributed by atoms with Crippen LogP contribution in [0.25, 0.3) is 0 Å². The third kappa shape index (κ3) is 4.38. The predicted octanol–water partition coefficient (Wildman–Crippen LogP) is 2.16. The number of nitrogens with one attached hydrogen (secondary N) is 2. The van der Waals surface area contributed by atoms with Gasteiger partial charge in [0, 0.05) is 24.9 Å². The molecular formula is C14H19BrN2O3. The van der Waals surface area contributed by atoms with Gasteiger partial charge in [-0.05, 0) is 47.0 Å². The number of hydrogen-bond donors (Lipinski definition) is 2. The van der Waals surface area contributed by atoms with Crippen LogP contribution < -0.4 is 15.4 Å². The van der Waals surface area contributed by atoms with Crippen LogP contribution in [0.1, 0.15) is 12.8 Å². The Morgan fingerprint density at radius 1 is 1.45 bits per heavy atom. The molecule has 0 aliphatic carbocycles. The number of rotatable bonds is 5. The molecule has 1 heterocycles. The van der Waals surface area contributed by atoms with Gasteiger partial charge < -0.3 is 20.1 Å². The first-order valence-corrected chi connectivity index (χ1v) is 7.43. The highest BCUT2D eigenvalue weighted by Crippen LogP contribution is 2.27. The SMILES string of the molecule is COc1ccc(NCC(=O)NC2CCOCC2)cc1Br. The minimum Gasteiger partial charge on any atom is -0.496 e. The van der Waals surface area contributed by atoms with E-state index in [9.17, 15) is 4.79 Å². The van der Waals surface area contributed by atoms with Gasteiger partial charge in [0.2, 0.25) is 5.91 Å². The molecule has 0 atom stereocenters. The van der Waals surface area contributed by atoms with E-state index >= 15 is 0 Å². The number of hydrogen-bond acceptors (Lipinski definition) is 4. The summed E-state index contributed by atoms with van der Waals surface area (Å²) in [5.74, 6) is 0.769. The Morgan fingerprint density at radius 2 is 2.20 bits per heavy atom. The van der Waals surface area contributed by atoms with E-state index in [2.05, 4.69) is 26.6 Å². The van der Waals surface area contributed by atoms with E-state index in [1.165, 1.54) is 0 Å². The van der Waals surface area contributed by atoms with E-state index < -0.39 is 0 Å². The number of benzene rings is 1. The average Bonchev–Trinajstić information content (AvgIpc) is 2.46. The molecule has 1 saturated heterocycles. The van der Waals surface area contributed by atoms with Gasteiger partial charge in [0.15, 0.2) is 0 Å². The summed E-state index contributed by atoms with van der Waals surface area (Å²) in [4.78, 5) is 11.8. The zero-order valence-corrected chi connectivity index (χ0v) is 13.0. The van der Waals surface area contributed by atoms with Crippen molar-refractivity contribution < 1.29 is 14.3 Å². The van der Waals surface area contributed by atoms with Crippen LogP contribution >= 0.6 is 15.9 Å². The zero-order valence-electron chi connectivity index (χ0n) is 11.4. The second-order valence-electron chi connectivity index (χ2n) is 4.66. The van der Waals surface area contributed by atoms with Crippen LogP contribution in [0.2, 0.25) is 0 Å². The van der Waals surface area contributed by atoms with Gasteiger partial charge in [-0.15, -0.1) is 0 Å². The van der Waals surface area contributed by atoms with Gasteiger partial charge in [0.25, 0.3) is 0 Å². The molecule has 1 amide bonds. The maximum absolute atomic E-state index is 11.8. The topological polar surface area (TPSA) is 59.6 Å². The van der Waals surface area contributed by atoms with Crippen molar-refractivity contribution in [3.63, 3.8) is 0 Å². The van der Waals surface area contributed by atoms with E-state index in [4.69, 9.17) is 9.47 Å². The number of ether oxygens (including phenoxy) is 2. The van der Waals surface area contributed by atoms with Crippen molar-refractivity contribution in [1.82, 2.24) is 5.32 Å². The minimum atomic E-state index is 0.00356. The Balaban J connectivity index is 1.79. The van der Waals surface area contributed by atoms with Gasteiger partial charge in [-0.3, -0.25) is 4.79 Å². The molecule has 1 fully saturated rings. The van der Waals surface area contributed by atoms with E-state index in [0.29, 0.717) is 0 Å². The lowest BCUT2D eigenvalue weighted by atomic mass is 10.1. The fourth-order valence-electron chi connectivity index (χ4n) is 2.08. The predicted molar refractivity (Wildman–Crippen MR) is 81.2 cm³/mol. The first kappa shape index (κ1) is 15.1. The lowest BCUT2D eigenvalue weighted by molar-refractivity contribution is -0.120. The van der Waals surface area contributed by atoms with Crippen LogP contribution in [0, 0.1) is 0 Å². The molecule has 110 valence electrons. The molecule has 0 unspecified atom stereocenters.